The predicted octanol–water partition coefficient (Wildman–Crippen LogP) is 3.76. The number of rotatable bonds is 6. The van der Waals surface area contributed by atoms with Crippen LogP contribution in [0.15, 0.2) is 36.4 Å². The highest BCUT2D eigenvalue weighted by molar-refractivity contribution is 6.02. The molecule has 1 saturated heterocycles. The van der Waals surface area contributed by atoms with E-state index in [1.165, 1.54) is 13.2 Å². The van der Waals surface area contributed by atoms with Crippen molar-refractivity contribution in [3.63, 3.8) is 0 Å². The number of hydrogen-bond donors (Lipinski definition) is 1. The van der Waals surface area contributed by atoms with E-state index < -0.39 is 17.5 Å². The molecule has 8 nitrogen and oxygen atoms in total. The van der Waals surface area contributed by atoms with Crippen LogP contribution in [-0.2, 0) is 0 Å². The van der Waals surface area contributed by atoms with Crippen LogP contribution in [0.3, 0.4) is 0 Å². The summed E-state index contributed by atoms with van der Waals surface area (Å²) in [5.41, 5.74) is 7.63. The summed E-state index contributed by atoms with van der Waals surface area (Å²) >= 11 is 0. The number of piperidine rings is 1. The van der Waals surface area contributed by atoms with Crippen LogP contribution in [0.5, 0.6) is 11.6 Å². The smallest absolute Gasteiger partial charge is 0.256 e. The summed E-state index contributed by atoms with van der Waals surface area (Å²) in [5.74, 6) is -1.71. The Hall–Kier alpha value is -4.26. The predicted molar refractivity (Wildman–Crippen MR) is 124 cm³/mol. The Morgan fingerprint density at radius 1 is 1.17 bits per heavy atom. The molecule has 1 aliphatic heterocycles. The summed E-state index contributed by atoms with van der Waals surface area (Å²) < 4.78 is 38.2. The van der Waals surface area contributed by atoms with Crippen molar-refractivity contribution in [2.45, 2.75) is 25.9 Å². The number of nitriles is 1. The van der Waals surface area contributed by atoms with E-state index in [2.05, 4.69) is 20.9 Å². The molecule has 0 spiro atoms. The zero-order valence-corrected chi connectivity index (χ0v) is 19.2. The highest BCUT2D eigenvalue weighted by atomic mass is 19.1. The number of amides is 1. The molecule has 0 bridgehead atoms. The summed E-state index contributed by atoms with van der Waals surface area (Å²) in [6.45, 7) is 2.78. The van der Waals surface area contributed by atoms with Crippen LogP contribution in [-0.4, -0.2) is 42.2 Å². The molecule has 2 aromatic carbocycles. The highest BCUT2D eigenvalue weighted by Gasteiger charge is 2.27. The highest BCUT2D eigenvalue weighted by Crippen LogP contribution is 2.37. The number of primary amides is 1. The van der Waals surface area contributed by atoms with Gasteiger partial charge in [-0.15, -0.1) is 0 Å². The van der Waals surface area contributed by atoms with Gasteiger partial charge < -0.3 is 20.1 Å². The van der Waals surface area contributed by atoms with Gasteiger partial charge in [-0.2, -0.15) is 10.2 Å². The fourth-order valence-corrected chi connectivity index (χ4v) is 4.15. The Kier molecular flexibility index (Phi) is 6.78. The van der Waals surface area contributed by atoms with Crippen LogP contribution in [0.4, 0.5) is 14.5 Å². The van der Waals surface area contributed by atoms with Crippen LogP contribution in [0.2, 0.25) is 0 Å². The molecule has 0 unspecified atom stereocenters. The summed E-state index contributed by atoms with van der Waals surface area (Å²) in [6.07, 6.45) is 0.895. The Morgan fingerprint density at radius 3 is 2.54 bits per heavy atom. The van der Waals surface area contributed by atoms with Crippen LogP contribution in [0, 0.1) is 29.9 Å². The fourth-order valence-electron chi connectivity index (χ4n) is 4.15. The average molecular weight is 479 g/mol. The minimum Gasteiger partial charge on any atom is -0.487 e. The van der Waals surface area contributed by atoms with Crippen LogP contribution >= 0.6 is 0 Å². The lowest BCUT2D eigenvalue weighted by molar-refractivity contribution is 0.0997. The van der Waals surface area contributed by atoms with Gasteiger partial charge in [0.15, 0.2) is 11.6 Å². The van der Waals surface area contributed by atoms with Crippen molar-refractivity contribution in [2.24, 2.45) is 5.73 Å². The topological polar surface area (TPSA) is 114 Å². The van der Waals surface area contributed by atoms with Gasteiger partial charge in [0.2, 0.25) is 5.88 Å². The van der Waals surface area contributed by atoms with Crippen molar-refractivity contribution in [1.82, 2.24) is 9.97 Å². The number of aromatic nitrogens is 2. The number of ether oxygens (including phenoxy) is 2. The molecular formula is C25H23F2N5O3. The first-order chi connectivity index (χ1) is 16.8. The van der Waals surface area contributed by atoms with E-state index >= 15 is 0 Å². The molecule has 35 heavy (non-hydrogen) atoms. The molecule has 1 aromatic heterocycles. The molecule has 1 aliphatic rings. The molecule has 10 heteroatoms. The lowest BCUT2D eigenvalue weighted by Crippen LogP contribution is -2.38. The van der Waals surface area contributed by atoms with E-state index in [0.717, 1.165) is 17.8 Å². The van der Waals surface area contributed by atoms with E-state index in [-0.39, 0.29) is 29.0 Å². The van der Waals surface area contributed by atoms with Crippen molar-refractivity contribution in [1.29, 1.82) is 5.26 Å². The summed E-state index contributed by atoms with van der Waals surface area (Å²) in [5, 5.41) is 9.48. The number of anilines is 1. The van der Waals surface area contributed by atoms with Gasteiger partial charge in [-0.3, -0.25) is 4.79 Å². The van der Waals surface area contributed by atoms with Crippen LogP contribution in [0.1, 0.15) is 34.6 Å². The first kappa shape index (κ1) is 23.9. The lowest BCUT2D eigenvalue weighted by Gasteiger charge is -2.35. The average Bonchev–Trinajstić information content (AvgIpc) is 2.85. The molecule has 2 heterocycles. The van der Waals surface area contributed by atoms with E-state index in [1.54, 1.807) is 25.1 Å². The van der Waals surface area contributed by atoms with Gasteiger partial charge in [0.25, 0.3) is 5.91 Å². The third-order valence-corrected chi connectivity index (χ3v) is 5.78. The van der Waals surface area contributed by atoms with E-state index in [4.69, 9.17) is 15.2 Å². The van der Waals surface area contributed by atoms with Gasteiger partial charge in [0.05, 0.1) is 24.4 Å². The second-order valence-corrected chi connectivity index (χ2v) is 8.09. The molecule has 1 fully saturated rings. The summed E-state index contributed by atoms with van der Waals surface area (Å²) in [4.78, 5) is 23.0. The maximum Gasteiger partial charge on any atom is 0.256 e. The molecule has 180 valence electrons. The summed E-state index contributed by atoms with van der Waals surface area (Å²) in [6, 6.07) is 10.5. The van der Waals surface area contributed by atoms with Gasteiger partial charge in [0, 0.05) is 43.2 Å². The maximum absolute atomic E-state index is 14.0. The molecule has 0 atom stereocenters. The first-order valence-corrected chi connectivity index (χ1v) is 10.9. The second kappa shape index (κ2) is 9.93. The molecule has 0 aliphatic carbocycles. The van der Waals surface area contributed by atoms with Crippen molar-refractivity contribution >= 4 is 11.6 Å². The number of nitrogens with two attached hydrogens (primary N) is 1. The minimum absolute atomic E-state index is 0.0126. The minimum atomic E-state index is -0.751. The molecule has 4 rings (SSSR count). The number of carbonyl (C=O) groups excluding carboxylic acids is 1. The van der Waals surface area contributed by atoms with Crippen LogP contribution < -0.4 is 20.1 Å². The van der Waals surface area contributed by atoms with Crippen molar-refractivity contribution < 1.29 is 23.0 Å². The molecular weight excluding hydrogens is 456 g/mol. The Labute approximate surface area is 200 Å². The largest absolute Gasteiger partial charge is 0.487 e. The van der Waals surface area contributed by atoms with Gasteiger partial charge in [-0.1, -0.05) is 0 Å². The monoisotopic (exact) mass is 479 g/mol. The quantitative estimate of drug-likeness (QED) is 0.573. The number of nitrogens with zero attached hydrogens (tertiary/aromatic N) is 4. The van der Waals surface area contributed by atoms with E-state index in [1.807, 2.05) is 0 Å². The number of hydrogen-bond acceptors (Lipinski definition) is 7. The normalized spacial score (nSPS) is 13.9. The molecule has 1 amide bonds. The number of methoxy groups -OCH3 is 1. The van der Waals surface area contributed by atoms with Gasteiger partial charge in [-0.05, 0) is 37.3 Å². The zero-order valence-electron chi connectivity index (χ0n) is 19.2. The Bertz CT molecular complexity index is 1320. The number of halogens is 2. The summed E-state index contributed by atoms with van der Waals surface area (Å²) in [7, 11) is 1.39. The first-order valence-electron chi connectivity index (χ1n) is 10.9. The SMILES string of the molecule is COc1nc(C)nc(-c2cc(C#N)ccc2N2CCC(Oc3ccc(F)cc3F)CC2)c1C(N)=O. The van der Waals surface area contributed by atoms with Crippen LogP contribution in [0.25, 0.3) is 11.3 Å². The maximum atomic E-state index is 14.0. The van der Waals surface area contributed by atoms with E-state index in [9.17, 15) is 18.8 Å². The van der Waals surface area contributed by atoms with Crippen molar-refractivity contribution in [3.05, 3.63) is 65.0 Å². The van der Waals surface area contributed by atoms with Gasteiger partial charge in [0.1, 0.15) is 23.3 Å². The number of benzene rings is 2. The fraction of sp³-hybridized carbons (Fsp3) is 0.280. The third-order valence-electron chi connectivity index (χ3n) is 5.78. The second-order valence-electron chi connectivity index (χ2n) is 8.09. The lowest BCUT2D eigenvalue weighted by atomic mass is 9.98. The van der Waals surface area contributed by atoms with Crippen molar-refractivity contribution in [2.75, 3.05) is 25.1 Å². The Morgan fingerprint density at radius 2 is 1.91 bits per heavy atom. The van der Waals surface area contributed by atoms with Gasteiger partial charge >= 0.3 is 0 Å². The van der Waals surface area contributed by atoms with Crippen molar-refractivity contribution in [3.8, 4) is 29.0 Å². The molecule has 3 aromatic rings. The molecule has 2 N–H and O–H groups in total. The standard InChI is InChI=1S/C25H23F2N5O3/c1-14-30-23(22(24(29)33)25(31-14)34-2)18-11-15(13-28)3-5-20(18)32-9-7-17(8-10-32)35-21-6-4-16(26)12-19(21)27/h3-6,11-12,17H,7-10H2,1-2H3,(H2,29,33). The number of aryl methyl sites for hydroxylation is 1. The van der Waals surface area contributed by atoms with Gasteiger partial charge in [-0.25, -0.2) is 13.8 Å². The third kappa shape index (κ3) is 4.99. The zero-order chi connectivity index (χ0) is 25.1. The van der Waals surface area contributed by atoms with E-state index in [0.29, 0.717) is 42.9 Å². The number of carbonyl (C=O) groups is 1. The Balaban J connectivity index is 1.65. The molecule has 0 radical (unpaired) electrons. The molecule has 0 saturated carbocycles.